The van der Waals surface area contributed by atoms with Gasteiger partial charge in [0.25, 0.3) is 0 Å². The molecule has 0 fully saturated rings. The normalized spacial score (nSPS) is 18.9. The molecule has 0 aromatic carbocycles. The molecule has 0 aromatic heterocycles. The number of halogens is 6. The molecule has 0 rings (SSSR count). The molecule has 4 unspecified atom stereocenters. The maximum absolute atomic E-state index is 13.7. The number of alkyl halides is 6. The summed E-state index contributed by atoms with van der Waals surface area (Å²) in [5.41, 5.74) is 0.309. The Bertz CT molecular complexity index is 869. The Hall–Kier alpha value is -0.639. The van der Waals surface area contributed by atoms with E-state index in [1.165, 1.54) is 0 Å². The van der Waals surface area contributed by atoms with Crippen molar-refractivity contribution >= 4 is 30.7 Å². The Morgan fingerprint density at radius 3 is 1.67 bits per heavy atom. The molecule has 4 nitrogen and oxygen atoms in total. The molecule has 0 amide bonds. The first-order valence-electron chi connectivity index (χ1n) is 15.2. The Morgan fingerprint density at radius 1 is 0.738 bits per heavy atom. The summed E-state index contributed by atoms with van der Waals surface area (Å²) in [6.07, 6.45) is -7.79. The predicted octanol–water partition coefficient (Wildman–Crippen LogP) is 10.5. The lowest BCUT2D eigenvalue weighted by Gasteiger charge is -2.55. The summed E-state index contributed by atoms with van der Waals surface area (Å²) in [5.74, 6) is -0.465. The van der Waals surface area contributed by atoms with Gasteiger partial charge in [0.1, 0.15) is 0 Å². The SMILES string of the molecule is C=C(C)C(=O)OCCC[Si](C)(C)C(C)(CC)O[Si](C)(CCC(F)(F)F)C(C)(CC)O[Si](C)(CCCC)CCC(F)(F)F. The van der Waals surface area contributed by atoms with E-state index >= 15 is 0 Å². The minimum absolute atomic E-state index is 0.135. The van der Waals surface area contributed by atoms with E-state index < -0.39 is 66.3 Å². The molecule has 0 aliphatic rings. The zero-order valence-corrected chi connectivity index (χ0v) is 30.6. The summed E-state index contributed by atoms with van der Waals surface area (Å²) in [4.78, 5) is 11.8. The second-order valence-corrected chi connectivity index (χ2v) is 26.9. The van der Waals surface area contributed by atoms with E-state index in [4.69, 9.17) is 13.6 Å². The molecule has 0 N–H and O–H groups in total. The molecular formula is C29H56F6O4Si3. The summed E-state index contributed by atoms with van der Waals surface area (Å²) in [6, 6.07) is 0.842. The van der Waals surface area contributed by atoms with Crippen molar-refractivity contribution in [1.82, 2.24) is 0 Å². The van der Waals surface area contributed by atoms with Gasteiger partial charge in [0.15, 0.2) is 8.32 Å². The Kier molecular flexibility index (Phi) is 15.8. The van der Waals surface area contributed by atoms with Crippen molar-refractivity contribution in [2.24, 2.45) is 0 Å². The molecule has 250 valence electrons. The number of hydrogen-bond donors (Lipinski definition) is 0. The van der Waals surface area contributed by atoms with Crippen LogP contribution in [-0.4, -0.2) is 60.1 Å². The van der Waals surface area contributed by atoms with Crippen molar-refractivity contribution in [2.75, 3.05) is 6.61 Å². The highest BCUT2D eigenvalue weighted by Gasteiger charge is 2.57. The summed E-state index contributed by atoms with van der Waals surface area (Å²) in [5, 5.41) is -1.85. The first-order chi connectivity index (χ1) is 18.8. The fraction of sp³-hybridized carbons (Fsp3) is 0.897. The van der Waals surface area contributed by atoms with Crippen molar-refractivity contribution in [3.63, 3.8) is 0 Å². The fourth-order valence-corrected chi connectivity index (χ4v) is 18.3. The van der Waals surface area contributed by atoms with E-state index in [0.717, 1.165) is 6.42 Å². The zero-order valence-electron chi connectivity index (χ0n) is 27.6. The third-order valence-electron chi connectivity index (χ3n) is 9.23. The summed E-state index contributed by atoms with van der Waals surface area (Å²) < 4.78 is 100. The topological polar surface area (TPSA) is 44.8 Å². The van der Waals surface area contributed by atoms with E-state index in [9.17, 15) is 31.1 Å². The van der Waals surface area contributed by atoms with Gasteiger partial charge in [-0.05, 0) is 71.3 Å². The maximum atomic E-state index is 13.7. The summed E-state index contributed by atoms with van der Waals surface area (Å²) in [7, 11) is -8.75. The van der Waals surface area contributed by atoms with Crippen LogP contribution in [0.1, 0.15) is 86.5 Å². The van der Waals surface area contributed by atoms with Gasteiger partial charge in [-0.3, -0.25) is 0 Å². The minimum Gasteiger partial charge on any atom is -0.462 e. The standard InChI is InChI=1S/C29H56F6O4Si3/c1-12-15-21-41(10,22-17-28(30,31)32)38-27(7,14-3)42(11,23-18-29(33,34)35)39-26(6,13-2)40(8,9)20-16-19-37-25(36)24(4)5/h4,12-23H2,1-3,5-11H3. The molecule has 0 aliphatic heterocycles. The quantitative estimate of drug-likeness (QED) is 0.0426. The van der Waals surface area contributed by atoms with Gasteiger partial charge < -0.3 is 13.6 Å². The molecule has 13 heteroatoms. The van der Waals surface area contributed by atoms with Gasteiger partial charge in [0.05, 0.1) is 19.9 Å². The van der Waals surface area contributed by atoms with Gasteiger partial charge in [-0.25, -0.2) is 4.79 Å². The number of rotatable bonds is 20. The first kappa shape index (κ1) is 41.4. The fourth-order valence-electron chi connectivity index (χ4n) is 5.34. The third kappa shape index (κ3) is 13.2. The molecule has 4 atom stereocenters. The van der Waals surface area contributed by atoms with Crippen LogP contribution in [-0.2, 0) is 18.4 Å². The van der Waals surface area contributed by atoms with Crippen LogP contribution in [0.25, 0.3) is 0 Å². The smallest absolute Gasteiger partial charge is 0.388 e. The summed E-state index contributed by atoms with van der Waals surface area (Å²) in [6.45, 7) is 22.7. The van der Waals surface area contributed by atoms with Crippen LogP contribution in [0.4, 0.5) is 26.3 Å². The van der Waals surface area contributed by atoms with E-state index in [1.807, 2.05) is 27.7 Å². The average Bonchev–Trinajstić information content (AvgIpc) is 2.86. The van der Waals surface area contributed by atoms with Gasteiger partial charge in [0.2, 0.25) is 8.32 Å². The van der Waals surface area contributed by atoms with E-state index in [2.05, 4.69) is 19.7 Å². The molecule has 0 aliphatic carbocycles. The second kappa shape index (κ2) is 16.1. The van der Waals surface area contributed by atoms with Gasteiger partial charge in [0, 0.05) is 23.6 Å². The van der Waals surface area contributed by atoms with Crippen molar-refractivity contribution in [3.05, 3.63) is 12.2 Å². The van der Waals surface area contributed by atoms with Crippen molar-refractivity contribution < 1.29 is 44.7 Å². The van der Waals surface area contributed by atoms with E-state index in [1.54, 1.807) is 26.9 Å². The molecule has 0 heterocycles. The monoisotopic (exact) mass is 666 g/mol. The number of esters is 1. The maximum Gasteiger partial charge on any atom is 0.388 e. The predicted molar refractivity (Wildman–Crippen MR) is 166 cm³/mol. The van der Waals surface area contributed by atoms with Crippen LogP contribution >= 0.6 is 0 Å². The highest BCUT2D eigenvalue weighted by molar-refractivity contribution is 6.83. The van der Waals surface area contributed by atoms with Crippen LogP contribution in [0.3, 0.4) is 0 Å². The van der Waals surface area contributed by atoms with E-state index in [0.29, 0.717) is 43.3 Å². The Labute approximate surface area is 253 Å². The largest absolute Gasteiger partial charge is 0.462 e. The number of hydrogen-bond acceptors (Lipinski definition) is 4. The number of carbonyl (C=O) groups excluding carboxylic acids is 1. The Morgan fingerprint density at radius 2 is 1.24 bits per heavy atom. The lowest BCUT2D eigenvalue weighted by Crippen LogP contribution is -2.68. The second-order valence-electron chi connectivity index (χ2n) is 13.3. The molecule has 0 bridgehead atoms. The van der Waals surface area contributed by atoms with Crippen molar-refractivity contribution in [3.8, 4) is 0 Å². The van der Waals surface area contributed by atoms with Crippen molar-refractivity contribution in [1.29, 1.82) is 0 Å². The zero-order chi connectivity index (χ0) is 33.3. The number of unbranched alkanes of at least 4 members (excludes halogenated alkanes) is 1. The highest BCUT2D eigenvalue weighted by atomic mass is 28.4. The van der Waals surface area contributed by atoms with Crippen LogP contribution in [0.15, 0.2) is 12.2 Å². The van der Waals surface area contributed by atoms with Crippen LogP contribution in [0.2, 0.25) is 50.4 Å². The van der Waals surface area contributed by atoms with Gasteiger partial charge in [-0.2, -0.15) is 26.3 Å². The molecule has 0 saturated carbocycles. The van der Waals surface area contributed by atoms with E-state index in [-0.39, 0.29) is 18.7 Å². The lowest BCUT2D eigenvalue weighted by molar-refractivity contribution is -0.139. The molecule has 42 heavy (non-hydrogen) atoms. The third-order valence-corrected chi connectivity index (χ3v) is 23.0. The number of ether oxygens (including phenoxy) is 1. The molecule has 0 saturated heterocycles. The molecule has 0 radical (unpaired) electrons. The van der Waals surface area contributed by atoms with Crippen LogP contribution in [0, 0.1) is 0 Å². The Balaban J connectivity index is 6.49. The highest BCUT2D eigenvalue weighted by Crippen LogP contribution is 2.45. The number of carbonyl (C=O) groups is 1. The van der Waals surface area contributed by atoms with Gasteiger partial charge in [-0.1, -0.05) is 59.3 Å². The minimum atomic E-state index is -4.41. The molecule has 0 aromatic rings. The van der Waals surface area contributed by atoms with Gasteiger partial charge in [-0.15, -0.1) is 0 Å². The molecule has 0 spiro atoms. The van der Waals surface area contributed by atoms with Crippen LogP contribution < -0.4 is 0 Å². The van der Waals surface area contributed by atoms with Crippen LogP contribution in [0.5, 0.6) is 0 Å². The summed E-state index contributed by atoms with van der Waals surface area (Å²) >= 11 is 0. The van der Waals surface area contributed by atoms with Gasteiger partial charge >= 0.3 is 18.3 Å². The lowest BCUT2D eigenvalue weighted by atomic mass is 10.3. The van der Waals surface area contributed by atoms with Crippen molar-refractivity contribution in [2.45, 2.75) is 160 Å². The first-order valence-corrected chi connectivity index (χ1v) is 23.8. The molecular weight excluding hydrogens is 611 g/mol. The average molecular weight is 667 g/mol.